The molecule has 3 rings (SSSR count). The summed E-state index contributed by atoms with van der Waals surface area (Å²) in [4.78, 5) is 0. The Bertz CT molecular complexity index is 774. The van der Waals surface area contributed by atoms with Crippen molar-refractivity contribution in [2.75, 3.05) is 19.8 Å². The van der Waals surface area contributed by atoms with Crippen LogP contribution < -0.4 is 5.32 Å². The SMILES string of the molecule is CC(C)(C)c1ccc(C2OCC(CO)(NCc3c(Cl)cccc3Cl)CO2)cc1. The summed E-state index contributed by atoms with van der Waals surface area (Å²) >= 11 is 12.5. The van der Waals surface area contributed by atoms with Crippen molar-refractivity contribution < 1.29 is 14.6 Å². The van der Waals surface area contributed by atoms with Crippen LogP contribution in [0.3, 0.4) is 0 Å². The topological polar surface area (TPSA) is 50.7 Å². The molecule has 2 aromatic carbocycles. The molecule has 0 atom stereocenters. The standard InChI is InChI=1S/C22H27Cl2NO3/c1-21(2,3)16-9-7-15(8-10-16)20-27-13-22(12-26,14-28-20)25-11-17-18(23)5-4-6-19(17)24/h4-10,20,25-26H,11-14H2,1-3H3. The summed E-state index contributed by atoms with van der Waals surface area (Å²) in [5.41, 5.74) is 2.41. The smallest absolute Gasteiger partial charge is 0.183 e. The molecule has 28 heavy (non-hydrogen) atoms. The first kappa shape index (κ1) is 21.6. The number of rotatable bonds is 5. The van der Waals surface area contributed by atoms with E-state index >= 15 is 0 Å². The van der Waals surface area contributed by atoms with Crippen molar-refractivity contribution in [2.45, 2.75) is 44.6 Å². The van der Waals surface area contributed by atoms with Crippen molar-refractivity contribution in [1.82, 2.24) is 5.32 Å². The minimum atomic E-state index is -0.704. The van der Waals surface area contributed by atoms with E-state index in [2.05, 4.69) is 38.2 Å². The number of hydrogen-bond acceptors (Lipinski definition) is 4. The molecule has 2 aromatic rings. The van der Waals surface area contributed by atoms with Crippen LogP contribution in [0.2, 0.25) is 10.0 Å². The lowest BCUT2D eigenvalue weighted by Gasteiger charge is -2.39. The molecule has 6 heteroatoms. The van der Waals surface area contributed by atoms with E-state index in [0.29, 0.717) is 29.8 Å². The maximum atomic E-state index is 9.95. The Balaban J connectivity index is 1.63. The lowest BCUT2D eigenvalue weighted by molar-refractivity contribution is -0.223. The fourth-order valence-electron chi connectivity index (χ4n) is 3.12. The first-order chi connectivity index (χ1) is 13.2. The van der Waals surface area contributed by atoms with Gasteiger partial charge in [0.05, 0.1) is 25.4 Å². The van der Waals surface area contributed by atoms with Gasteiger partial charge < -0.3 is 19.9 Å². The zero-order valence-electron chi connectivity index (χ0n) is 16.5. The fraction of sp³-hybridized carbons (Fsp3) is 0.455. The molecule has 1 aliphatic heterocycles. The van der Waals surface area contributed by atoms with Gasteiger partial charge in [0, 0.05) is 27.7 Å². The average Bonchev–Trinajstić information content (AvgIpc) is 2.67. The molecule has 0 radical (unpaired) electrons. The number of halogens is 2. The summed E-state index contributed by atoms with van der Waals surface area (Å²) in [5.74, 6) is 0. The van der Waals surface area contributed by atoms with Crippen LogP contribution in [0.4, 0.5) is 0 Å². The second-order valence-electron chi connectivity index (χ2n) is 8.32. The molecule has 152 valence electrons. The second-order valence-corrected chi connectivity index (χ2v) is 9.13. The molecule has 1 aliphatic rings. The summed E-state index contributed by atoms with van der Waals surface area (Å²) in [6, 6.07) is 13.7. The largest absolute Gasteiger partial charge is 0.394 e. The average molecular weight is 424 g/mol. The van der Waals surface area contributed by atoms with Gasteiger partial charge in [-0.1, -0.05) is 74.3 Å². The van der Waals surface area contributed by atoms with Crippen LogP contribution in [0.5, 0.6) is 0 Å². The minimum Gasteiger partial charge on any atom is -0.394 e. The van der Waals surface area contributed by atoms with Gasteiger partial charge in [-0.25, -0.2) is 0 Å². The Morgan fingerprint density at radius 1 is 1.04 bits per heavy atom. The molecule has 0 saturated carbocycles. The maximum Gasteiger partial charge on any atom is 0.183 e. The summed E-state index contributed by atoms with van der Waals surface area (Å²) < 4.78 is 11.9. The molecular formula is C22H27Cl2NO3. The highest BCUT2D eigenvalue weighted by Gasteiger charge is 2.37. The van der Waals surface area contributed by atoms with E-state index in [1.54, 1.807) is 18.2 Å². The monoisotopic (exact) mass is 423 g/mol. The number of nitrogens with one attached hydrogen (secondary N) is 1. The molecule has 0 bridgehead atoms. The van der Waals surface area contributed by atoms with Crippen LogP contribution in [0.15, 0.2) is 42.5 Å². The summed E-state index contributed by atoms with van der Waals surface area (Å²) in [6.45, 7) is 7.47. The summed E-state index contributed by atoms with van der Waals surface area (Å²) in [7, 11) is 0. The van der Waals surface area contributed by atoms with Crippen LogP contribution in [0, 0.1) is 0 Å². The maximum absolute atomic E-state index is 9.95. The third-order valence-electron chi connectivity index (χ3n) is 5.08. The number of benzene rings is 2. The lowest BCUT2D eigenvalue weighted by Crippen LogP contribution is -2.58. The molecule has 2 N–H and O–H groups in total. The van der Waals surface area contributed by atoms with Gasteiger partial charge in [-0.15, -0.1) is 0 Å². The number of aliphatic hydroxyl groups is 1. The van der Waals surface area contributed by atoms with Crippen LogP contribution in [-0.2, 0) is 21.4 Å². The van der Waals surface area contributed by atoms with Gasteiger partial charge in [0.2, 0.25) is 0 Å². The van der Waals surface area contributed by atoms with E-state index in [1.807, 2.05) is 12.1 Å². The zero-order chi connectivity index (χ0) is 20.4. The quantitative estimate of drug-likeness (QED) is 0.720. The normalized spacial score (nSPS) is 23.0. The van der Waals surface area contributed by atoms with Gasteiger partial charge in [0.1, 0.15) is 0 Å². The van der Waals surface area contributed by atoms with Crippen molar-refractivity contribution in [3.8, 4) is 0 Å². The minimum absolute atomic E-state index is 0.1000. The van der Waals surface area contributed by atoms with Crippen molar-refractivity contribution in [1.29, 1.82) is 0 Å². The first-order valence-electron chi connectivity index (χ1n) is 9.36. The number of hydrogen-bond donors (Lipinski definition) is 2. The Hall–Kier alpha value is -1.14. The molecule has 0 aliphatic carbocycles. The third kappa shape index (κ3) is 4.88. The van der Waals surface area contributed by atoms with E-state index in [1.165, 1.54) is 5.56 Å². The summed E-state index contributed by atoms with van der Waals surface area (Å²) in [5, 5.41) is 14.4. The van der Waals surface area contributed by atoms with Crippen LogP contribution in [0.1, 0.15) is 43.8 Å². The molecular weight excluding hydrogens is 397 g/mol. The van der Waals surface area contributed by atoms with Gasteiger partial charge in [0.25, 0.3) is 0 Å². The van der Waals surface area contributed by atoms with Gasteiger partial charge in [0.15, 0.2) is 6.29 Å². The molecule has 0 unspecified atom stereocenters. The molecule has 1 fully saturated rings. The number of aliphatic hydroxyl groups excluding tert-OH is 1. The van der Waals surface area contributed by atoms with Crippen molar-refractivity contribution in [3.63, 3.8) is 0 Å². The van der Waals surface area contributed by atoms with E-state index in [0.717, 1.165) is 11.1 Å². The van der Waals surface area contributed by atoms with Crippen LogP contribution >= 0.6 is 23.2 Å². The fourth-order valence-corrected chi connectivity index (χ4v) is 3.65. The Morgan fingerprint density at radius 2 is 1.61 bits per heavy atom. The van der Waals surface area contributed by atoms with Gasteiger partial charge in [-0.2, -0.15) is 0 Å². The van der Waals surface area contributed by atoms with E-state index in [4.69, 9.17) is 32.7 Å². The third-order valence-corrected chi connectivity index (χ3v) is 5.78. The highest BCUT2D eigenvalue weighted by Crippen LogP contribution is 2.30. The Morgan fingerprint density at radius 3 is 2.11 bits per heavy atom. The first-order valence-corrected chi connectivity index (χ1v) is 10.1. The lowest BCUT2D eigenvalue weighted by atomic mass is 9.86. The van der Waals surface area contributed by atoms with Gasteiger partial charge in [-0.3, -0.25) is 0 Å². The van der Waals surface area contributed by atoms with Crippen molar-refractivity contribution >= 4 is 23.2 Å². The summed E-state index contributed by atoms with van der Waals surface area (Å²) in [6.07, 6.45) is -0.445. The molecule has 4 nitrogen and oxygen atoms in total. The molecule has 0 spiro atoms. The second kappa shape index (κ2) is 8.70. The predicted octanol–water partition coefficient (Wildman–Crippen LogP) is 4.86. The van der Waals surface area contributed by atoms with E-state index < -0.39 is 11.8 Å². The van der Waals surface area contributed by atoms with E-state index in [9.17, 15) is 5.11 Å². The van der Waals surface area contributed by atoms with Crippen molar-refractivity contribution in [2.24, 2.45) is 0 Å². The molecule has 1 saturated heterocycles. The van der Waals surface area contributed by atoms with Crippen molar-refractivity contribution in [3.05, 3.63) is 69.2 Å². The highest BCUT2D eigenvalue weighted by molar-refractivity contribution is 6.35. The molecule has 1 heterocycles. The van der Waals surface area contributed by atoms with Gasteiger partial charge in [-0.05, 0) is 23.1 Å². The zero-order valence-corrected chi connectivity index (χ0v) is 18.0. The van der Waals surface area contributed by atoms with Crippen LogP contribution in [0.25, 0.3) is 0 Å². The molecule has 0 amide bonds. The Labute approximate surface area is 176 Å². The number of ether oxygens (including phenoxy) is 2. The van der Waals surface area contributed by atoms with Crippen LogP contribution in [-0.4, -0.2) is 30.5 Å². The van der Waals surface area contributed by atoms with E-state index in [-0.39, 0.29) is 12.0 Å². The molecule has 0 aromatic heterocycles. The highest BCUT2D eigenvalue weighted by atomic mass is 35.5. The Kier molecular flexibility index (Phi) is 6.70. The van der Waals surface area contributed by atoms with Gasteiger partial charge >= 0.3 is 0 Å². The predicted molar refractivity (Wildman–Crippen MR) is 113 cm³/mol.